The van der Waals surface area contributed by atoms with Crippen LogP contribution in [0.3, 0.4) is 0 Å². The van der Waals surface area contributed by atoms with Crippen LogP contribution in [-0.4, -0.2) is 41.1 Å². The van der Waals surface area contributed by atoms with Crippen molar-refractivity contribution in [2.75, 3.05) is 31.1 Å². The van der Waals surface area contributed by atoms with Gasteiger partial charge in [-0.1, -0.05) is 11.6 Å². The van der Waals surface area contributed by atoms with Gasteiger partial charge in [0.2, 0.25) is 0 Å². The minimum Gasteiger partial charge on any atom is -0.394 e. The lowest BCUT2D eigenvalue weighted by Gasteiger charge is -2.19. The summed E-state index contributed by atoms with van der Waals surface area (Å²) in [5.41, 5.74) is 5.93. The highest BCUT2D eigenvalue weighted by molar-refractivity contribution is 6.33. The van der Waals surface area contributed by atoms with Crippen molar-refractivity contribution >= 4 is 17.3 Å². The van der Waals surface area contributed by atoms with Gasteiger partial charge in [0.15, 0.2) is 0 Å². The van der Waals surface area contributed by atoms with Gasteiger partial charge in [-0.05, 0) is 18.9 Å². The number of halogens is 1. The lowest BCUT2D eigenvalue weighted by Crippen LogP contribution is -2.29. The molecule has 0 saturated carbocycles. The number of aromatic nitrogens is 2. The number of aliphatic hydroxyl groups is 1. The molecule has 1 unspecified atom stereocenters. The van der Waals surface area contributed by atoms with E-state index < -0.39 is 0 Å². The molecule has 18 heavy (non-hydrogen) atoms. The molecule has 7 heteroatoms. The largest absolute Gasteiger partial charge is 0.394 e. The second-order valence-electron chi connectivity index (χ2n) is 4.43. The van der Waals surface area contributed by atoms with Crippen LogP contribution in [0.5, 0.6) is 0 Å². The summed E-state index contributed by atoms with van der Waals surface area (Å²) >= 11 is 6.08. The van der Waals surface area contributed by atoms with Crippen LogP contribution in [0.4, 0.5) is 5.69 Å². The van der Waals surface area contributed by atoms with Crippen LogP contribution in [0.15, 0.2) is 11.0 Å². The second-order valence-corrected chi connectivity index (χ2v) is 4.81. The van der Waals surface area contributed by atoms with Gasteiger partial charge in [0, 0.05) is 13.1 Å². The number of hydrogen-bond donors (Lipinski definition) is 2. The molecule has 0 aliphatic carbocycles. The first-order chi connectivity index (χ1) is 8.67. The fourth-order valence-corrected chi connectivity index (χ4v) is 2.44. The van der Waals surface area contributed by atoms with E-state index in [-0.39, 0.29) is 23.7 Å². The first-order valence-electron chi connectivity index (χ1n) is 5.99. The van der Waals surface area contributed by atoms with E-state index in [0.29, 0.717) is 18.2 Å². The Morgan fingerprint density at radius 3 is 3.00 bits per heavy atom. The van der Waals surface area contributed by atoms with E-state index in [4.69, 9.17) is 22.4 Å². The average Bonchev–Trinajstić information content (AvgIpc) is 2.84. The van der Waals surface area contributed by atoms with Crippen LogP contribution in [0.2, 0.25) is 5.02 Å². The third kappa shape index (κ3) is 2.50. The molecule has 1 aromatic heterocycles. The summed E-state index contributed by atoms with van der Waals surface area (Å²) in [4.78, 5) is 13.9. The van der Waals surface area contributed by atoms with Crippen LogP contribution < -0.4 is 16.2 Å². The lowest BCUT2D eigenvalue weighted by atomic mass is 10.1. The summed E-state index contributed by atoms with van der Waals surface area (Å²) in [6.07, 6.45) is 2.59. The SMILES string of the molecule is NCC1CCN(c2cnn(CCO)c(=O)c2Cl)C1. The van der Waals surface area contributed by atoms with Gasteiger partial charge in [-0.15, -0.1) is 0 Å². The van der Waals surface area contributed by atoms with Crippen LogP contribution in [-0.2, 0) is 6.54 Å². The number of aliphatic hydroxyl groups excluding tert-OH is 1. The molecule has 3 N–H and O–H groups in total. The molecule has 1 atom stereocenters. The Labute approximate surface area is 110 Å². The summed E-state index contributed by atoms with van der Waals surface area (Å²) in [7, 11) is 0. The summed E-state index contributed by atoms with van der Waals surface area (Å²) in [5, 5.41) is 13.0. The molecular weight excluding hydrogens is 256 g/mol. The predicted molar refractivity (Wildman–Crippen MR) is 70.0 cm³/mol. The minimum atomic E-state index is -0.362. The number of nitrogens with two attached hydrogens (primary N) is 1. The molecule has 100 valence electrons. The van der Waals surface area contributed by atoms with Crippen molar-refractivity contribution in [2.45, 2.75) is 13.0 Å². The molecule has 1 aliphatic rings. The molecular formula is C11H17ClN4O2. The number of nitrogens with zero attached hydrogens (tertiary/aromatic N) is 3. The summed E-state index contributed by atoms with van der Waals surface area (Å²) < 4.78 is 1.17. The zero-order valence-electron chi connectivity index (χ0n) is 10.0. The summed E-state index contributed by atoms with van der Waals surface area (Å²) in [6, 6.07) is 0. The molecule has 1 saturated heterocycles. The van der Waals surface area contributed by atoms with Crippen molar-refractivity contribution in [1.29, 1.82) is 0 Å². The maximum absolute atomic E-state index is 11.9. The molecule has 0 radical (unpaired) electrons. The van der Waals surface area contributed by atoms with Gasteiger partial charge in [-0.3, -0.25) is 4.79 Å². The summed E-state index contributed by atoms with van der Waals surface area (Å²) in [6.45, 7) is 2.31. The molecule has 0 bridgehead atoms. The zero-order valence-corrected chi connectivity index (χ0v) is 10.8. The number of hydrogen-bond acceptors (Lipinski definition) is 5. The van der Waals surface area contributed by atoms with E-state index in [2.05, 4.69) is 5.10 Å². The molecule has 1 fully saturated rings. The highest BCUT2D eigenvalue weighted by atomic mass is 35.5. The van der Waals surface area contributed by atoms with Crippen molar-refractivity contribution in [2.24, 2.45) is 11.7 Å². The van der Waals surface area contributed by atoms with Gasteiger partial charge in [0.05, 0.1) is 25.0 Å². The predicted octanol–water partition coefficient (Wildman–Crippen LogP) is -0.326. The molecule has 2 rings (SSSR count). The van der Waals surface area contributed by atoms with Crippen molar-refractivity contribution in [1.82, 2.24) is 9.78 Å². The normalized spacial score (nSPS) is 19.5. The molecule has 1 aliphatic heterocycles. The molecule has 1 aromatic rings. The zero-order chi connectivity index (χ0) is 13.1. The van der Waals surface area contributed by atoms with Crippen LogP contribution in [0.25, 0.3) is 0 Å². The minimum absolute atomic E-state index is 0.137. The fraction of sp³-hybridized carbons (Fsp3) is 0.636. The van der Waals surface area contributed by atoms with Gasteiger partial charge in [-0.25, -0.2) is 4.68 Å². The molecule has 2 heterocycles. The fourth-order valence-electron chi connectivity index (χ4n) is 2.17. The van der Waals surface area contributed by atoms with Gasteiger partial charge < -0.3 is 15.7 Å². The van der Waals surface area contributed by atoms with Gasteiger partial charge in [-0.2, -0.15) is 5.10 Å². The second kappa shape index (κ2) is 5.69. The highest BCUT2D eigenvalue weighted by Gasteiger charge is 2.24. The maximum atomic E-state index is 11.9. The Morgan fingerprint density at radius 2 is 2.39 bits per heavy atom. The first kappa shape index (κ1) is 13.3. The standard InChI is InChI=1S/C11H17ClN4O2/c12-10-9(15-2-1-8(5-13)7-15)6-14-16(3-4-17)11(10)18/h6,8,17H,1-5,7,13H2. The number of rotatable bonds is 4. The topological polar surface area (TPSA) is 84.4 Å². The Balaban J connectivity index is 2.25. The first-order valence-corrected chi connectivity index (χ1v) is 6.36. The quantitative estimate of drug-likeness (QED) is 0.784. The monoisotopic (exact) mass is 272 g/mol. The molecule has 0 aromatic carbocycles. The van der Waals surface area contributed by atoms with Crippen LogP contribution in [0.1, 0.15) is 6.42 Å². The van der Waals surface area contributed by atoms with Crippen molar-refractivity contribution in [3.63, 3.8) is 0 Å². The van der Waals surface area contributed by atoms with E-state index in [1.807, 2.05) is 4.90 Å². The Morgan fingerprint density at radius 1 is 1.61 bits per heavy atom. The van der Waals surface area contributed by atoms with Gasteiger partial charge in [0.25, 0.3) is 5.56 Å². The Hall–Kier alpha value is -1.11. The number of anilines is 1. The molecule has 0 amide bonds. The Bertz CT molecular complexity index is 477. The van der Waals surface area contributed by atoms with Crippen LogP contribution in [0, 0.1) is 5.92 Å². The van der Waals surface area contributed by atoms with Crippen molar-refractivity contribution in [3.05, 3.63) is 21.6 Å². The van der Waals surface area contributed by atoms with E-state index >= 15 is 0 Å². The van der Waals surface area contributed by atoms with Crippen molar-refractivity contribution < 1.29 is 5.11 Å². The van der Waals surface area contributed by atoms with E-state index in [1.165, 1.54) is 4.68 Å². The smallest absolute Gasteiger partial charge is 0.287 e. The van der Waals surface area contributed by atoms with Crippen molar-refractivity contribution in [3.8, 4) is 0 Å². The molecule has 0 spiro atoms. The lowest BCUT2D eigenvalue weighted by molar-refractivity contribution is 0.266. The third-order valence-corrected chi connectivity index (χ3v) is 3.59. The summed E-state index contributed by atoms with van der Waals surface area (Å²) in [5.74, 6) is 0.445. The Kier molecular flexibility index (Phi) is 4.21. The maximum Gasteiger partial charge on any atom is 0.287 e. The van der Waals surface area contributed by atoms with Gasteiger partial charge in [0.1, 0.15) is 5.02 Å². The van der Waals surface area contributed by atoms with E-state index in [0.717, 1.165) is 19.5 Å². The van der Waals surface area contributed by atoms with E-state index in [1.54, 1.807) is 6.20 Å². The van der Waals surface area contributed by atoms with Gasteiger partial charge >= 0.3 is 0 Å². The van der Waals surface area contributed by atoms with E-state index in [9.17, 15) is 4.79 Å². The van der Waals surface area contributed by atoms with Crippen LogP contribution >= 0.6 is 11.6 Å². The molecule has 6 nitrogen and oxygen atoms in total. The third-order valence-electron chi connectivity index (χ3n) is 3.24. The average molecular weight is 273 g/mol. The highest BCUT2D eigenvalue weighted by Crippen LogP contribution is 2.26.